The van der Waals surface area contributed by atoms with E-state index >= 15 is 0 Å². The summed E-state index contributed by atoms with van der Waals surface area (Å²) in [6.45, 7) is 2.95. The van der Waals surface area contributed by atoms with Crippen LogP contribution >= 0.6 is 0 Å². The van der Waals surface area contributed by atoms with Gasteiger partial charge in [0.15, 0.2) is 11.5 Å². The molecule has 1 atom stereocenters. The zero-order chi connectivity index (χ0) is 22.8. The van der Waals surface area contributed by atoms with Gasteiger partial charge in [-0.15, -0.1) is 0 Å². The van der Waals surface area contributed by atoms with E-state index in [0.29, 0.717) is 12.8 Å². The molecule has 0 bridgehead atoms. The van der Waals surface area contributed by atoms with Gasteiger partial charge in [0.05, 0.1) is 0 Å². The summed E-state index contributed by atoms with van der Waals surface area (Å²) >= 11 is 0. The fourth-order valence-corrected chi connectivity index (χ4v) is 4.97. The second kappa shape index (κ2) is 8.44. The molecule has 3 aromatic rings. The van der Waals surface area contributed by atoms with Gasteiger partial charge in [0.25, 0.3) is 4.87 Å². The van der Waals surface area contributed by atoms with Gasteiger partial charge >= 0.3 is 5.97 Å². The van der Waals surface area contributed by atoms with Crippen LogP contribution in [0.5, 0.6) is 0 Å². The van der Waals surface area contributed by atoms with E-state index in [1.807, 2.05) is 37.3 Å². The van der Waals surface area contributed by atoms with Crippen molar-refractivity contribution in [3.05, 3.63) is 77.6 Å². The summed E-state index contributed by atoms with van der Waals surface area (Å²) in [5.74, 6) is -2.12. The van der Waals surface area contributed by atoms with Gasteiger partial charge in [-0.25, -0.2) is 23.0 Å². The van der Waals surface area contributed by atoms with E-state index in [-0.39, 0.29) is 17.0 Å². The van der Waals surface area contributed by atoms with E-state index in [1.54, 1.807) is 12.1 Å². The number of carbonyl (C=O) groups excluding carboxylic acids is 1. The number of nitrogens with zero attached hydrogens (tertiary/aromatic N) is 2. The smallest absolute Gasteiger partial charge is 0.356 e. The highest BCUT2D eigenvalue weighted by atomic mass is 32.2. The molecule has 9 heteroatoms. The van der Waals surface area contributed by atoms with E-state index in [1.165, 1.54) is 18.2 Å². The highest BCUT2D eigenvalue weighted by Crippen LogP contribution is 2.35. The van der Waals surface area contributed by atoms with E-state index in [2.05, 4.69) is 5.10 Å². The summed E-state index contributed by atoms with van der Waals surface area (Å²) in [5.41, 5.74) is 1.74. The molecule has 1 heterocycles. The number of ketones is 1. The van der Waals surface area contributed by atoms with E-state index in [0.717, 1.165) is 22.7 Å². The molecule has 31 heavy (non-hydrogen) atoms. The Morgan fingerprint density at radius 2 is 1.65 bits per heavy atom. The van der Waals surface area contributed by atoms with Crippen LogP contribution in [0.3, 0.4) is 0 Å². The van der Waals surface area contributed by atoms with Crippen LogP contribution in [-0.2, 0) is 26.1 Å². The second-order valence-electron chi connectivity index (χ2n) is 7.18. The molecule has 0 aliphatic carbocycles. The number of hydrogen-bond acceptors (Lipinski definition) is 5. The standard InChI is InChI=1S/C22H23N3O5S/c1-3-7-19-14-20(21(27)28)24-25(19)22(15(2)26,31(23,29)30)18-12-10-17(11-13-18)16-8-5-4-6-9-16/h4-6,8-14H,3,7H2,1-2H3,(H,27,28)(H2,23,29,30). The predicted molar refractivity (Wildman–Crippen MR) is 116 cm³/mol. The van der Waals surface area contributed by atoms with Crippen LogP contribution < -0.4 is 5.14 Å². The third-order valence-corrected chi connectivity index (χ3v) is 6.60. The Morgan fingerprint density at radius 1 is 1.06 bits per heavy atom. The first-order valence-corrected chi connectivity index (χ1v) is 11.2. The molecule has 0 spiro atoms. The Morgan fingerprint density at radius 3 is 2.13 bits per heavy atom. The number of aromatic carboxylic acids is 1. The highest BCUT2D eigenvalue weighted by molar-refractivity contribution is 7.90. The Hall–Kier alpha value is -3.30. The van der Waals surface area contributed by atoms with Crippen molar-refractivity contribution in [1.82, 2.24) is 9.78 Å². The number of sulfonamides is 1. The van der Waals surface area contributed by atoms with Gasteiger partial charge in [-0.1, -0.05) is 67.9 Å². The minimum Gasteiger partial charge on any atom is -0.476 e. The number of Topliss-reactive ketones (excluding diaryl/α,β-unsaturated/α-hetero) is 1. The monoisotopic (exact) mass is 441 g/mol. The quantitative estimate of drug-likeness (QED) is 0.552. The number of nitrogens with two attached hydrogens (primary N) is 1. The van der Waals surface area contributed by atoms with Crippen molar-refractivity contribution >= 4 is 21.8 Å². The normalized spacial score (nSPS) is 13.5. The first kappa shape index (κ1) is 22.4. The third-order valence-electron chi connectivity index (χ3n) is 5.08. The number of benzene rings is 2. The molecule has 162 valence electrons. The molecule has 1 unspecified atom stereocenters. The van der Waals surface area contributed by atoms with Crippen LogP contribution in [0.4, 0.5) is 0 Å². The zero-order valence-electron chi connectivity index (χ0n) is 17.1. The summed E-state index contributed by atoms with van der Waals surface area (Å²) in [6, 6.07) is 17.1. The Kier molecular flexibility index (Phi) is 6.10. The topological polar surface area (TPSA) is 132 Å². The molecular formula is C22H23N3O5S. The van der Waals surface area contributed by atoms with E-state index in [4.69, 9.17) is 5.14 Å². The van der Waals surface area contributed by atoms with Gasteiger partial charge in [-0.3, -0.25) is 4.79 Å². The number of carboxylic acids is 1. The lowest BCUT2D eigenvalue weighted by atomic mass is 9.98. The average Bonchev–Trinajstić information content (AvgIpc) is 3.13. The maximum Gasteiger partial charge on any atom is 0.356 e. The minimum absolute atomic E-state index is 0.0829. The van der Waals surface area contributed by atoms with Crippen molar-refractivity contribution < 1.29 is 23.1 Å². The molecule has 1 aromatic heterocycles. The number of rotatable bonds is 8. The number of aromatic nitrogens is 2. The van der Waals surface area contributed by atoms with Crippen molar-refractivity contribution in [2.75, 3.05) is 0 Å². The van der Waals surface area contributed by atoms with Crippen molar-refractivity contribution in [3.8, 4) is 11.1 Å². The number of aryl methyl sites for hydroxylation is 1. The maximum atomic E-state index is 12.9. The van der Waals surface area contributed by atoms with E-state index in [9.17, 15) is 23.1 Å². The molecule has 0 fully saturated rings. The van der Waals surface area contributed by atoms with Crippen LogP contribution in [0.15, 0.2) is 60.7 Å². The van der Waals surface area contributed by atoms with Crippen LogP contribution in [0.1, 0.15) is 42.0 Å². The molecule has 3 rings (SSSR count). The Balaban J connectivity index is 2.30. The molecular weight excluding hydrogens is 418 g/mol. The van der Waals surface area contributed by atoms with Crippen LogP contribution in [-0.4, -0.2) is 35.1 Å². The van der Waals surface area contributed by atoms with Gasteiger partial charge in [-0.05, 0) is 30.5 Å². The zero-order valence-corrected chi connectivity index (χ0v) is 18.0. The fraction of sp³-hybridized carbons (Fsp3) is 0.227. The van der Waals surface area contributed by atoms with Gasteiger partial charge in [-0.2, -0.15) is 5.10 Å². The molecule has 3 N–H and O–H groups in total. The summed E-state index contributed by atoms with van der Waals surface area (Å²) < 4.78 is 26.8. The number of carboxylic acid groups (broad SMARTS) is 1. The SMILES string of the molecule is CCCc1cc(C(=O)O)nn1C(C(C)=O)(c1ccc(-c2ccccc2)cc1)S(N)(=O)=O. The molecule has 0 radical (unpaired) electrons. The number of hydrogen-bond donors (Lipinski definition) is 2. The summed E-state index contributed by atoms with van der Waals surface area (Å²) in [7, 11) is -4.60. The van der Waals surface area contributed by atoms with Crippen LogP contribution in [0.25, 0.3) is 11.1 Å². The summed E-state index contributed by atoms with van der Waals surface area (Å²) in [6.07, 6.45) is 0.892. The van der Waals surface area contributed by atoms with Gasteiger partial charge in [0.1, 0.15) is 0 Å². The van der Waals surface area contributed by atoms with Crippen molar-refractivity contribution in [2.45, 2.75) is 31.6 Å². The third kappa shape index (κ3) is 3.89. The Bertz CT molecular complexity index is 1220. The average molecular weight is 442 g/mol. The molecule has 0 saturated carbocycles. The molecule has 0 saturated heterocycles. The second-order valence-corrected chi connectivity index (χ2v) is 8.86. The number of primary sulfonamides is 1. The lowest BCUT2D eigenvalue weighted by Gasteiger charge is -2.31. The number of carbonyl (C=O) groups is 2. The molecule has 0 amide bonds. The van der Waals surface area contributed by atoms with E-state index < -0.39 is 26.6 Å². The summed E-state index contributed by atoms with van der Waals surface area (Å²) in [5, 5.41) is 19.0. The van der Waals surface area contributed by atoms with Gasteiger partial charge < -0.3 is 5.11 Å². The predicted octanol–water partition coefficient (Wildman–Crippen LogP) is 2.78. The van der Waals surface area contributed by atoms with Crippen molar-refractivity contribution in [2.24, 2.45) is 5.14 Å². The molecule has 2 aromatic carbocycles. The first-order valence-electron chi connectivity index (χ1n) is 9.65. The van der Waals surface area contributed by atoms with Gasteiger partial charge in [0, 0.05) is 11.3 Å². The summed E-state index contributed by atoms with van der Waals surface area (Å²) in [4.78, 5) is 22.1. The van der Waals surface area contributed by atoms with Crippen molar-refractivity contribution in [3.63, 3.8) is 0 Å². The maximum absolute atomic E-state index is 12.9. The fourth-order valence-electron chi connectivity index (χ4n) is 3.71. The molecule has 0 aliphatic heterocycles. The lowest BCUT2D eigenvalue weighted by molar-refractivity contribution is -0.120. The first-order chi connectivity index (χ1) is 14.6. The lowest BCUT2D eigenvalue weighted by Crippen LogP contribution is -2.53. The van der Waals surface area contributed by atoms with Crippen LogP contribution in [0.2, 0.25) is 0 Å². The minimum atomic E-state index is -4.60. The van der Waals surface area contributed by atoms with Gasteiger partial charge in [0.2, 0.25) is 10.0 Å². The Labute approximate surface area is 180 Å². The van der Waals surface area contributed by atoms with Crippen LogP contribution in [0, 0.1) is 0 Å². The van der Waals surface area contributed by atoms with Crippen molar-refractivity contribution in [1.29, 1.82) is 0 Å². The largest absolute Gasteiger partial charge is 0.476 e. The molecule has 0 aliphatic rings. The highest BCUT2D eigenvalue weighted by Gasteiger charge is 2.52. The molecule has 8 nitrogen and oxygen atoms in total.